The van der Waals surface area contributed by atoms with Gasteiger partial charge in [-0.3, -0.25) is 0 Å². The zero-order valence-corrected chi connectivity index (χ0v) is 6.58. The lowest BCUT2D eigenvalue weighted by Gasteiger charge is -2.27. The molecule has 2 unspecified atom stereocenters. The van der Waals surface area contributed by atoms with E-state index in [-0.39, 0.29) is 0 Å². The van der Waals surface area contributed by atoms with Crippen LogP contribution in [0.4, 0.5) is 0 Å². The molecule has 0 amide bonds. The Balaban J connectivity index is 1.94. The summed E-state index contributed by atoms with van der Waals surface area (Å²) in [6.45, 7) is 2.14. The predicted octanol–water partition coefficient (Wildman–Crippen LogP) is 1.09. The first-order chi connectivity index (χ1) is 4.25. The first-order valence-electron chi connectivity index (χ1n) is 3.58. The summed E-state index contributed by atoms with van der Waals surface area (Å²) in [5.74, 6) is 3.65. The van der Waals surface area contributed by atoms with Crippen molar-refractivity contribution in [2.75, 3.05) is 11.5 Å². The molecule has 0 aromatic carbocycles. The van der Waals surface area contributed by atoms with Crippen molar-refractivity contribution in [2.24, 2.45) is 17.1 Å². The Morgan fingerprint density at radius 3 is 2.44 bits per heavy atom. The van der Waals surface area contributed by atoms with Crippen LogP contribution in [-0.4, -0.2) is 17.5 Å². The van der Waals surface area contributed by atoms with Crippen LogP contribution in [0.2, 0.25) is 0 Å². The van der Waals surface area contributed by atoms with E-state index < -0.39 is 0 Å². The molecule has 2 fully saturated rings. The van der Waals surface area contributed by atoms with E-state index in [1.165, 1.54) is 17.9 Å². The molecule has 1 heterocycles. The monoisotopic (exact) mass is 143 g/mol. The molecular weight excluding hydrogens is 130 g/mol. The lowest BCUT2D eigenvalue weighted by atomic mass is 10.0. The van der Waals surface area contributed by atoms with Crippen molar-refractivity contribution in [2.45, 2.75) is 19.4 Å². The fourth-order valence-electron chi connectivity index (χ4n) is 1.82. The normalized spacial score (nSPS) is 40.0. The molecule has 2 atom stereocenters. The van der Waals surface area contributed by atoms with Crippen LogP contribution in [0.3, 0.4) is 0 Å². The van der Waals surface area contributed by atoms with Crippen molar-refractivity contribution in [3.05, 3.63) is 0 Å². The Kier molecular flexibility index (Phi) is 1.12. The molecule has 1 aliphatic heterocycles. The predicted molar refractivity (Wildman–Crippen MR) is 41.5 cm³/mol. The number of thioether (sulfide) groups is 1. The van der Waals surface area contributed by atoms with E-state index >= 15 is 0 Å². The summed E-state index contributed by atoms with van der Waals surface area (Å²) in [6.07, 6.45) is 1.41. The van der Waals surface area contributed by atoms with Crippen molar-refractivity contribution in [3.63, 3.8) is 0 Å². The van der Waals surface area contributed by atoms with Gasteiger partial charge in [0.2, 0.25) is 0 Å². The van der Waals surface area contributed by atoms with Crippen LogP contribution in [0, 0.1) is 11.3 Å². The summed E-state index contributed by atoms with van der Waals surface area (Å²) in [5, 5.41) is 0. The Morgan fingerprint density at radius 1 is 1.67 bits per heavy atom. The molecule has 1 saturated heterocycles. The third kappa shape index (κ3) is 0.729. The molecular formula is C7H13NS. The highest BCUT2D eigenvalue weighted by Gasteiger charge is 2.59. The Bertz CT molecular complexity index is 129. The van der Waals surface area contributed by atoms with Gasteiger partial charge >= 0.3 is 0 Å². The molecule has 1 saturated carbocycles. The summed E-state index contributed by atoms with van der Waals surface area (Å²) in [5.41, 5.74) is 6.52. The van der Waals surface area contributed by atoms with Gasteiger partial charge in [-0.05, 0) is 24.7 Å². The minimum Gasteiger partial charge on any atom is -0.328 e. The van der Waals surface area contributed by atoms with Crippen LogP contribution in [-0.2, 0) is 0 Å². The quantitative estimate of drug-likeness (QED) is 0.594. The molecule has 0 radical (unpaired) electrons. The number of nitrogens with two attached hydrogens (primary N) is 1. The topological polar surface area (TPSA) is 26.0 Å². The minimum absolute atomic E-state index is 0.450. The minimum atomic E-state index is 0.450. The van der Waals surface area contributed by atoms with Gasteiger partial charge in [0.15, 0.2) is 0 Å². The Labute approximate surface area is 60.4 Å². The molecule has 1 spiro atoms. The van der Waals surface area contributed by atoms with Gasteiger partial charge in [-0.1, -0.05) is 0 Å². The van der Waals surface area contributed by atoms with Gasteiger partial charge in [-0.2, -0.15) is 11.8 Å². The lowest BCUT2D eigenvalue weighted by molar-refractivity contribution is 0.496. The summed E-state index contributed by atoms with van der Waals surface area (Å²) >= 11 is 2.07. The molecule has 1 aliphatic carbocycles. The fourth-order valence-corrected chi connectivity index (χ4v) is 3.21. The molecule has 9 heavy (non-hydrogen) atoms. The van der Waals surface area contributed by atoms with E-state index in [1.54, 1.807) is 0 Å². The second kappa shape index (κ2) is 1.67. The van der Waals surface area contributed by atoms with E-state index in [4.69, 9.17) is 5.73 Å². The van der Waals surface area contributed by atoms with Crippen LogP contribution in [0.5, 0.6) is 0 Å². The van der Waals surface area contributed by atoms with Gasteiger partial charge in [0, 0.05) is 17.5 Å². The van der Waals surface area contributed by atoms with Crippen LogP contribution in [0.25, 0.3) is 0 Å². The van der Waals surface area contributed by atoms with Crippen molar-refractivity contribution < 1.29 is 0 Å². The number of hydrogen-bond donors (Lipinski definition) is 1. The number of hydrogen-bond acceptors (Lipinski definition) is 2. The van der Waals surface area contributed by atoms with Gasteiger partial charge in [0.05, 0.1) is 0 Å². The Morgan fingerprint density at radius 2 is 2.33 bits per heavy atom. The molecule has 0 bridgehead atoms. The van der Waals surface area contributed by atoms with E-state index in [0.29, 0.717) is 6.04 Å². The highest BCUT2D eigenvalue weighted by atomic mass is 32.2. The van der Waals surface area contributed by atoms with Crippen LogP contribution >= 0.6 is 11.8 Å². The van der Waals surface area contributed by atoms with Gasteiger partial charge in [0.1, 0.15) is 0 Å². The highest BCUT2D eigenvalue weighted by Crippen LogP contribution is 2.63. The third-order valence-corrected chi connectivity index (χ3v) is 4.22. The standard InChI is InChI=1S/C7H13NS/c1-5(8)6-2-7(6)3-9-4-7/h5-6H,2-4,8H2,1H3. The average molecular weight is 143 g/mol. The summed E-state index contributed by atoms with van der Waals surface area (Å²) in [7, 11) is 0. The van der Waals surface area contributed by atoms with E-state index in [1.807, 2.05) is 0 Å². The molecule has 2 N–H and O–H groups in total. The van der Waals surface area contributed by atoms with Gasteiger partial charge in [0.25, 0.3) is 0 Å². The molecule has 1 nitrogen and oxygen atoms in total. The van der Waals surface area contributed by atoms with Crippen molar-refractivity contribution in [1.82, 2.24) is 0 Å². The summed E-state index contributed by atoms with van der Waals surface area (Å²) < 4.78 is 0. The smallest absolute Gasteiger partial charge is 0.00448 e. The maximum absolute atomic E-state index is 5.77. The highest BCUT2D eigenvalue weighted by molar-refractivity contribution is 8.00. The van der Waals surface area contributed by atoms with Gasteiger partial charge in [-0.25, -0.2) is 0 Å². The molecule has 0 aromatic heterocycles. The fraction of sp³-hybridized carbons (Fsp3) is 1.00. The zero-order chi connectivity index (χ0) is 6.48. The molecule has 2 rings (SSSR count). The van der Waals surface area contributed by atoms with E-state index in [0.717, 1.165) is 11.3 Å². The maximum Gasteiger partial charge on any atom is 0.00448 e. The zero-order valence-electron chi connectivity index (χ0n) is 5.76. The largest absolute Gasteiger partial charge is 0.328 e. The summed E-state index contributed by atoms with van der Waals surface area (Å²) in [6, 6.07) is 0.450. The summed E-state index contributed by atoms with van der Waals surface area (Å²) in [4.78, 5) is 0. The molecule has 2 heteroatoms. The van der Waals surface area contributed by atoms with Crippen molar-refractivity contribution in [3.8, 4) is 0 Å². The maximum atomic E-state index is 5.77. The van der Waals surface area contributed by atoms with E-state index in [9.17, 15) is 0 Å². The van der Waals surface area contributed by atoms with Crippen LogP contribution < -0.4 is 5.73 Å². The first kappa shape index (κ1) is 6.05. The first-order valence-corrected chi connectivity index (χ1v) is 4.73. The Hall–Kier alpha value is 0.310. The number of rotatable bonds is 1. The van der Waals surface area contributed by atoms with Gasteiger partial charge in [-0.15, -0.1) is 0 Å². The second-order valence-electron chi connectivity index (χ2n) is 3.52. The lowest BCUT2D eigenvalue weighted by Crippen LogP contribution is -2.29. The second-order valence-corrected chi connectivity index (χ2v) is 4.51. The van der Waals surface area contributed by atoms with E-state index in [2.05, 4.69) is 18.7 Å². The van der Waals surface area contributed by atoms with Crippen LogP contribution in [0.15, 0.2) is 0 Å². The van der Waals surface area contributed by atoms with Crippen LogP contribution in [0.1, 0.15) is 13.3 Å². The molecule has 2 aliphatic rings. The van der Waals surface area contributed by atoms with Crippen molar-refractivity contribution >= 4 is 11.8 Å². The third-order valence-electron chi connectivity index (χ3n) is 2.67. The average Bonchev–Trinajstić information content (AvgIpc) is 2.34. The molecule has 0 aromatic rings. The molecule has 52 valence electrons. The van der Waals surface area contributed by atoms with Crippen molar-refractivity contribution in [1.29, 1.82) is 0 Å². The SMILES string of the molecule is CC(N)C1CC12CSC2. The van der Waals surface area contributed by atoms with Gasteiger partial charge < -0.3 is 5.73 Å².